The Morgan fingerprint density at radius 2 is 0.903 bits per heavy atom. The van der Waals surface area contributed by atoms with Crippen molar-refractivity contribution < 1.29 is 38.2 Å². The number of allylic oxidation sites excluding steroid dienone is 6. The minimum atomic E-state index is -1.12. The van der Waals surface area contributed by atoms with E-state index in [4.69, 9.17) is 14.2 Å². The van der Waals surface area contributed by atoms with Crippen LogP contribution in [0.25, 0.3) is 0 Å². The van der Waals surface area contributed by atoms with E-state index in [0.717, 1.165) is 57.8 Å². The monoisotopic (exact) mass is 874 g/mol. The minimum Gasteiger partial charge on any atom is -0.544 e. The van der Waals surface area contributed by atoms with Crippen LogP contribution in [0.3, 0.4) is 0 Å². The number of quaternary nitrogens is 1. The van der Waals surface area contributed by atoms with Gasteiger partial charge >= 0.3 is 11.9 Å². The third kappa shape index (κ3) is 42.8. The molecule has 0 amide bonds. The molecule has 362 valence electrons. The summed E-state index contributed by atoms with van der Waals surface area (Å²) in [5.41, 5.74) is 0. The highest BCUT2D eigenvalue weighted by Gasteiger charge is 2.25. The molecule has 0 aromatic carbocycles. The van der Waals surface area contributed by atoms with Crippen LogP contribution in [0.5, 0.6) is 0 Å². The van der Waals surface area contributed by atoms with E-state index in [-0.39, 0.29) is 42.7 Å². The number of unbranched alkanes of at least 4 members (excludes halogenated alkanes) is 27. The summed E-state index contributed by atoms with van der Waals surface area (Å²) in [6.07, 6.45) is 53.1. The van der Waals surface area contributed by atoms with Crippen LogP contribution in [-0.4, -0.2) is 75.5 Å². The fourth-order valence-electron chi connectivity index (χ4n) is 7.79. The van der Waals surface area contributed by atoms with Crippen LogP contribution in [0.15, 0.2) is 36.5 Å². The molecular formula is C54H99NO7. The van der Waals surface area contributed by atoms with Crippen molar-refractivity contribution in [1.82, 2.24) is 0 Å². The van der Waals surface area contributed by atoms with Gasteiger partial charge in [-0.1, -0.05) is 211 Å². The molecule has 0 saturated carbocycles. The number of rotatable bonds is 47. The number of esters is 2. The second kappa shape index (κ2) is 45.1. The lowest BCUT2D eigenvalue weighted by Gasteiger charge is -2.34. The normalized spacial score (nSPS) is 13.1. The van der Waals surface area contributed by atoms with Gasteiger partial charge in [0.15, 0.2) is 6.10 Å². The maximum Gasteiger partial charge on any atom is 0.306 e. The lowest BCUT2D eigenvalue weighted by molar-refractivity contribution is -0.889. The molecule has 0 bridgehead atoms. The molecule has 0 aromatic rings. The van der Waals surface area contributed by atoms with Crippen LogP contribution in [0.2, 0.25) is 0 Å². The van der Waals surface area contributed by atoms with Gasteiger partial charge in [-0.05, 0) is 44.9 Å². The summed E-state index contributed by atoms with van der Waals surface area (Å²) in [4.78, 5) is 37.0. The van der Waals surface area contributed by atoms with E-state index < -0.39 is 18.1 Å². The van der Waals surface area contributed by atoms with Gasteiger partial charge in [-0.3, -0.25) is 9.59 Å². The number of likely N-dealkylation sites (N-methyl/N-ethyl adjacent to an activating group) is 1. The fourth-order valence-corrected chi connectivity index (χ4v) is 7.79. The van der Waals surface area contributed by atoms with Gasteiger partial charge in [0.1, 0.15) is 12.6 Å². The first kappa shape index (κ1) is 59.5. The number of nitrogens with zero attached hydrogens (tertiary/aromatic N) is 1. The molecule has 0 N–H and O–H groups in total. The van der Waals surface area contributed by atoms with Crippen LogP contribution >= 0.6 is 0 Å². The second-order valence-electron chi connectivity index (χ2n) is 18.7. The van der Waals surface area contributed by atoms with Crippen molar-refractivity contribution in [3.8, 4) is 0 Å². The van der Waals surface area contributed by atoms with Crippen LogP contribution in [0.1, 0.15) is 239 Å². The second-order valence-corrected chi connectivity index (χ2v) is 18.7. The first-order valence-corrected chi connectivity index (χ1v) is 26.0. The molecule has 0 radical (unpaired) electrons. The summed E-state index contributed by atoms with van der Waals surface area (Å²) in [5, 5.41) is 11.7. The third-order valence-corrected chi connectivity index (χ3v) is 11.8. The van der Waals surface area contributed by atoms with E-state index in [2.05, 4.69) is 50.3 Å². The highest BCUT2D eigenvalue weighted by Crippen LogP contribution is 2.16. The van der Waals surface area contributed by atoms with E-state index in [9.17, 15) is 19.5 Å². The highest BCUT2D eigenvalue weighted by atomic mass is 16.6. The quantitative estimate of drug-likeness (QED) is 0.0260. The molecule has 0 heterocycles. The Labute approximate surface area is 383 Å². The molecule has 0 aliphatic rings. The summed E-state index contributed by atoms with van der Waals surface area (Å²) in [6, 6.07) is -0.725. The predicted molar refractivity (Wildman–Crippen MR) is 259 cm³/mol. The Morgan fingerprint density at radius 3 is 1.34 bits per heavy atom. The number of aliphatic carboxylic acids is 1. The van der Waals surface area contributed by atoms with Gasteiger partial charge in [0, 0.05) is 19.3 Å². The van der Waals surface area contributed by atoms with Crippen molar-refractivity contribution in [2.45, 2.75) is 251 Å². The summed E-state index contributed by atoms with van der Waals surface area (Å²) < 4.78 is 17.3. The number of carboxylic acids is 1. The summed E-state index contributed by atoms with van der Waals surface area (Å²) >= 11 is 0. The Hall–Kier alpha value is -2.45. The molecule has 0 fully saturated rings. The van der Waals surface area contributed by atoms with E-state index in [1.54, 1.807) is 0 Å². The van der Waals surface area contributed by atoms with Crippen molar-refractivity contribution in [2.75, 3.05) is 41.0 Å². The van der Waals surface area contributed by atoms with Crippen molar-refractivity contribution in [1.29, 1.82) is 0 Å². The molecule has 8 heteroatoms. The molecule has 0 aliphatic carbocycles. The average Bonchev–Trinajstić information content (AvgIpc) is 3.23. The van der Waals surface area contributed by atoms with Gasteiger partial charge < -0.3 is 28.6 Å². The Balaban J connectivity index is 4.21. The molecule has 0 saturated heterocycles. The molecular weight excluding hydrogens is 775 g/mol. The molecule has 8 nitrogen and oxygen atoms in total. The zero-order valence-electron chi connectivity index (χ0n) is 41.3. The fraction of sp³-hybridized carbons (Fsp3) is 0.833. The van der Waals surface area contributed by atoms with E-state index in [1.807, 2.05) is 21.1 Å². The van der Waals surface area contributed by atoms with Gasteiger partial charge in [0.2, 0.25) is 0 Å². The van der Waals surface area contributed by atoms with Crippen molar-refractivity contribution in [2.24, 2.45) is 0 Å². The minimum absolute atomic E-state index is 0.0432. The number of hydrogen-bond donors (Lipinski definition) is 0. The smallest absolute Gasteiger partial charge is 0.306 e. The van der Waals surface area contributed by atoms with Crippen molar-refractivity contribution >= 4 is 17.9 Å². The Bertz CT molecular complexity index is 1110. The molecule has 0 aromatic heterocycles. The zero-order chi connectivity index (χ0) is 45.6. The maximum atomic E-state index is 12.8. The number of carbonyl (C=O) groups excluding carboxylic acids is 3. The van der Waals surface area contributed by atoms with Crippen LogP contribution in [-0.2, 0) is 28.6 Å². The first-order chi connectivity index (χ1) is 30.1. The Kier molecular flexibility index (Phi) is 43.3. The number of hydrogen-bond acceptors (Lipinski definition) is 7. The van der Waals surface area contributed by atoms with Crippen molar-refractivity contribution in [3.63, 3.8) is 0 Å². The van der Waals surface area contributed by atoms with Crippen LogP contribution in [0, 0.1) is 0 Å². The van der Waals surface area contributed by atoms with Crippen LogP contribution in [0.4, 0.5) is 0 Å². The molecule has 0 aliphatic heterocycles. The van der Waals surface area contributed by atoms with E-state index in [1.165, 1.54) is 148 Å². The summed E-state index contributed by atoms with van der Waals surface area (Å²) in [7, 11) is 5.42. The number of carboxylic acid groups (broad SMARTS) is 1. The summed E-state index contributed by atoms with van der Waals surface area (Å²) in [5.74, 6) is -1.72. The molecule has 2 atom stereocenters. The predicted octanol–water partition coefficient (Wildman–Crippen LogP) is 13.6. The third-order valence-electron chi connectivity index (χ3n) is 11.8. The van der Waals surface area contributed by atoms with E-state index in [0.29, 0.717) is 12.8 Å². The summed E-state index contributed by atoms with van der Waals surface area (Å²) in [6.45, 7) is 4.59. The molecule has 2 unspecified atom stereocenters. The standard InChI is InChI=1S/C54H99NO7/c1-6-8-10-12-14-16-18-20-22-24-26-27-29-30-32-34-36-38-40-42-44-52(56)61-49-50(48-60-47-46-51(54(58)59)55(3,4)5)62-53(57)45-43-41-39-37-35-33-31-28-25-23-21-19-17-15-13-11-9-7-2/h8,10,14,16,20,22,50-51H,6-7,9,11-13,15,17-19,21,23-49H2,1-5H3/b10-8+,16-14+,22-20+. The van der Waals surface area contributed by atoms with Gasteiger partial charge in [-0.15, -0.1) is 0 Å². The number of carbonyl (C=O) groups is 3. The molecule has 0 rings (SSSR count). The topological polar surface area (TPSA) is 102 Å². The van der Waals surface area contributed by atoms with Crippen LogP contribution < -0.4 is 5.11 Å². The number of ether oxygens (including phenoxy) is 3. The average molecular weight is 874 g/mol. The van der Waals surface area contributed by atoms with Gasteiger partial charge in [0.25, 0.3) is 0 Å². The van der Waals surface area contributed by atoms with E-state index >= 15 is 0 Å². The van der Waals surface area contributed by atoms with Gasteiger partial charge in [0.05, 0.1) is 40.3 Å². The zero-order valence-corrected chi connectivity index (χ0v) is 41.3. The first-order valence-electron chi connectivity index (χ1n) is 26.0. The largest absolute Gasteiger partial charge is 0.544 e. The molecule has 62 heavy (non-hydrogen) atoms. The van der Waals surface area contributed by atoms with Gasteiger partial charge in [-0.25, -0.2) is 0 Å². The lowest BCUT2D eigenvalue weighted by atomic mass is 10.0. The SMILES string of the molecule is CC/C=C/C/C=C/C/C=C/CCCCCCCCCCCCC(=O)OCC(COCCC(C(=O)[O-])[N+](C)(C)C)OC(=O)CCCCCCCCCCCCCCCCCCCC. The van der Waals surface area contributed by atoms with Crippen molar-refractivity contribution in [3.05, 3.63) is 36.5 Å². The Morgan fingerprint density at radius 1 is 0.500 bits per heavy atom. The molecule has 0 spiro atoms. The lowest BCUT2D eigenvalue weighted by Crippen LogP contribution is -2.55. The maximum absolute atomic E-state index is 12.8. The highest BCUT2D eigenvalue weighted by molar-refractivity contribution is 5.70. The van der Waals surface area contributed by atoms with Gasteiger partial charge in [-0.2, -0.15) is 0 Å².